The predicted octanol–water partition coefficient (Wildman–Crippen LogP) is 0.623. The lowest BCUT2D eigenvalue weighted by molar-refractivity contribution is -0.143. The van der Waals surface area contributed by atoms with E-state index in [0.29, 0.717) is 13.2 Å². The summed E-state index contributed by atoms with van der Waals surface area (Å²) in [5.74, 6) is 0.110. The maximum atomic E-state index is 11.9. The van der Waals surface area contributed by atoms with E-state index in [4.69, 9.17) is 4.74 Å². The average molecular weight is 214 g/mol. The molecule has 0 aromatic rings. The van der Waals surface area contributed by atoms with Crippen LogP contribution in [0, 0.1) is 0 Å². The Balaban J connectivity index is 2.24. The summed E-state index contributed by atoms with van der Waals surface area (Å²) in [6.07, 6.45) is 3.18. The lowest BCUT2D eigenvalue weighted by atomic mass is 10.2. The lowest BCUT2D eigenvalue weighted by Crippen LogP contribution is -2.48. The van der Waals surface area contributed by atoms with Gasteiger partial charge in [0.05, 0.1) is 6.61 Å². The molecule has 4 heteroatoms. The first-order valence-electron chi connectivity index (χ1n) is 5.83. The van der Waals surface area contributed by atoms with Crippen molar-refractivity contribution < 1.29 is 9.53 Å². The third kappa shape index (κ3) is 4.18. The highest BCUT2D eigenvalue weighted by Crippen LogP contribution is 2.03. The Labute approximate surface area is 92.0 Å². The summed E-state index contributed by atoms with van der Waals surface area (Å²) in [6.45, 7) is 5.14. The van der Waals surface area contributed by atoms with Crippen LogP contribution in [0.4, 0.5) is 0 Å². The predicted molar refractivity (Wildman–Crippen MR) is 59.8 cm³/mol. The van der Waals surface area contributed by atoms with Gasteiger partial charge >= 0.3 is 0 Å². The Morgan fingerprint density at radius 2 is 2.33 bits per heavy atom. The summed E-state index contributed by atoms with van der Waals surface area (Å²) < 4.78 is 5.41. The van der Waals surface area contributed by atoms with Gasteiger partial charge in [-0.1, -0.05) is 19.8 Å². The highest BCUT2D eigenvalue weighted by molar-refractivity contribution is 5.81. The molecule has 0 aromatic carbocycles. The molecule has 1 unspecified atom stereocenters. The van der Waals surface area contributed by atoms with E-state index in [1.54, 1.807) is 4.90 Å². The third-order valence-corrected chi connectivity index (χ3v) is 2.68. The number of unbranched alkanes of at least 4 members (excludes halogenated alkanes) is 2. The zero-order valence-corrected chi connectivity index (χ0v) is 9.79. The minimum absolute atomic E-state index is 0.110. The molecule has 1 rings (SSSR count). The van der Waals surface area contributed by atoms with Crippen molar-refractivity contribution in [3.05, 3.63) is 0 Å². The van der Waals surface area contributed by atoms with E-state index in [2.05, 4.69) is 12.2 Å². The number of carbonyl (C=O) groups excluding carboxylic acids is 1. The molecule has 0 bridgehead atoms. The smallest absolute Gasteiger partial charge is 0.252 e. The van der Waals surface area contributed by atoms with Crippen LogP contribution in [-0.2, 0) is 9.53 Å². The van der Waals surface area contributed by atoms with E-state index >= 15 is 0 Å². The second kappa shape index (κ2) is 6.80. The number of hydrogen-bond acceptors (Lipinski definition) is 3. The number of ether oxygens (including phenoxy) is 1. The second-order valence-corrected chi connectivity index (χ2v) is 4.03. The van der Waals surface area contributed by atoms with Crippen molar-refractivity contribution in [3.8, 4) is 0 Å². The Morgan fingerprint density at radius 1 is 1.53 bits per heavy atom. The Morgan fingerprint density at radius 3 is 2.93 bits per heavy atom. The maximum Gasteiger partial charge on any atom is 0.252 e. The van der Waals surface area contributed by atoms with Gasteiger partial charge in [0.25, 0.3) is 5.91 Å². The highest BCUT2D eigenvalue weighted by Gasteiger charge is 2.24. The van der Waals surface area contributed by atoms with Gasteiger partial charge in [-0.05, 0) is 6.42 Å². The average Bonchev–Trinajstić information content (AvgIpc) is 2.29. The Bertz CT molecular complexity index is 191. The first-order chi connectivity index (χ1) is 7.25. The van der Waals surface area contributed by atoms with Crippen molar-refractivity contribution in [2.45, 2.75) is 32.3 Å². The summed E-state index contributed by atoms with van der Waals surface area (Å²) in [5.41, 5.74) is 0. The van der Waals surface area contributed by atoms with Crippen LogP contribution in [0.1, 0.15) is 26.2 Å². The number of likely N-dealkylation sites (N-methyl/N-ethyl adjacent to an activating group) is 1. The monoisotopic (exact) mass is 214 g/mol. The van der Waals surface area contributed by atoms with Crippen LogP contribution >= 0.6 is 0 Å². The Hall–Kier alpha value is -0.610. The van der Waals surface area contributed by atoms with Gasteiger partial charge in [-0.15, -0.1) is 0 Å². The molecule has 1 heterocycles. The van der Waals surface area contributed by atoms with Crippen LogP contribution in [-0.4, -0.2) is 50.2 Å². The van der Waals surface area contributed by atoms with Crippen molar-refractivity contribution in [1.29, 1.82) is 0 Å². The standard InChI is InChI=1S/C11H22N2O2/c1-3-4-5-7-13(2)11(14)10-9-12-6-8-15-10/h10,12H,3-9H2,1-2H3. The lowest BCUT2D eigenvalue weighted by Gasteiger charge is -2.27. The van der Waals surface area contributed by atoms with Gasteiger partial charge in [-0.25, -0.2) is 0 Å². The van der Waals surface area contributed by atoms with E-state index in [1.165, 1.54) is 12.8 Å². The zero-order valence-electron chi connectivity index (χ0n) is 9.79. The fourth-order valence-electron chi connectivity index (χ4n) is 1.68. The molecule has 1 N–H and O–H groups in total. The summed E-state index contributed by atoms with van der Waals surface area (Å²) in [5, 5.41) is 3.17. The zero-order chi connectivity index (χ0) is 11.1. The van der Waals surface area contributed by atoms with Gasteiger partial charge in [0.2, 0.25) is 0 Å². The number of nitrogens with zero attached hydrogens (tertiary/aromatic N) is 1. The molecule has 0 aliphatic carbocycles. The molecule has 1 amide bonds. The Kier molecular flexibility index (Phi) is 5.65. The van der Waals surface area contributed by atoms with Gasteiger partial charge in [0.1, 0.15) is 6.10 Å². The second-order valence-electron chi connectivity index (χ2n) is 4.03. The number of hydrogen-bond donors (Lipinski definition) is 1. The van der Waals surface area contributed by atoms with Crippen LogP contribution in [0.25, 0.3) is 0 Å². The minimum atomic E-state index is -0.273. The molecule has 0 spiro atoms. The highest BCUT2D eigenvalue weighted by atomic mass is 16.5. The molecule has 15 heavy (non-hydrogen) atoms. The number of morpholine rings is 1. The van der Waals surface area contributed by atoms with Crippen molar-refractivity contribution >= 4 is 5.91 Å². The van der Waals surface area contributed by atoms with Crippen LogP contribution in [0.2, 0.25) is 0 Å². The third-order valence-electron chi connectivity index (χ3n) is 2.68. The first kappa shape index (κ1) is 12.5. The van der Waals surface area contributed by atoms with Gasteiger partial charge < -0.3 is 15.0 Å². The normalized spacial score (nSPS) is 21.3. The van der Waals surface area contributed by atoms with Crippen LogP contribution < -0.4 is 5.32 Å². The number of carbonyl (C=O) groups is 1. The number of nitrogens with one attached hydrogen (secondary N) is 1. The van der Waals surface area contributed by atoms with Crippen LogP contribution in [0.15, 0.2) is 0 Å². The molecule has 1 aliphatic rings. The van der Waals surface area contributed by atoms with Crippen LogP contribution in [0.3, 0.4) is 0 Å². The van der Waals surface area contributed by atoms with E-state index in [9.17, 15) is 4.79 Å². The van der Waals surface area contributed by atoms with Crippen molar-refractivity contribution in [1.82, 2.24) is 10.2 Å². The molecule has 1 aliphatic heterocycles. The molecule has 88 valence electrons. The molecule has 1 saturated heterocycles. The first-order valence-corrected chi connectivity index (χ1v) is 5.83. The SMILES string of the molecule is CCCCCN(C)C(=O)C1CNCCO1. The van der Waals surface area contributed by atoms with Gasteiger partial charge in [0.15, 0.2) is 0 Å². The maximum absolute atomic E-state index is 11.9. The summed E-state index contributed by atoms with van der Waals surface area (Å²) >= 11 is 0. The molecule has 1 fully saturated rings. The minimum Gasteiger partial charge on any atom is -0.366 e. The van der Waals surface area contributed by atoms with Gasteiger partial charge in [-0.3, -0.25) is 4.79 Å². The van der Waals surface area contributed by atoms with E-state index in [1.807, 2.05) is 7.05 Å². The van der Waals surface area contributed by atoms with Crippen molar-refractivity contribution in [3.63, 3.8) is 0 Å². The number of rotatable bonds is 5. The molecule has 0 radical (unpaired) electrons. The van der Waals surface area contributed by atoms with E-state index in [0.717, 1.165) is 19.5 Å². The fourth-order valence-corrected chi connectivity index (χ4v) is 1.68. The molecule has 4 nitrogen and oxygen atoms in total. The van der Waals surface area contributed by atoms with Crippen molar-refractivity contribution in [2.75, 3.05) is 33.3 Å². The molecule has 0 saturated carbocycles. The molecular weight excluding hydrogens is 192 g/mol. The van der Waals surface area contributed by atoms with Crippen molar-refractivity contribution in [2.24, 2.45) is 0 Å². The molecule has 0 aromatic heterocycles. The largest absolute Gasteiger partial charge is 0.366 e. The summed E-state index contributed by atoms with van der Waals surface area (Å²) in [7, 11) is 1.86. The van der Waals surface area contributed by atoms with Gasteiger partial charge in [0, 0.05) is 26.7 Å². The van der Waals surface area contributed by atoms with Gasteiger partial charge in [-0.2, -0.15) is 0 Å². The summed E-state index contributed by atoms with van der Waals surface area (Å²) in [4.78, 5) is 13.6. The van der Waals surface area contributed by atoms with Crippen LogP contribution in [0.5, 0.6) is 0 Å². The van der Waals surface area contributed by atoms with E-state index in [-0.39, 0.29) is 12.0 Å². The fraction of sp³-hybridized carbons (Fsp3) is 0.909. The van der Waals surface area contributed by atoms with E-state index < -0.39 is 0 Å². The molecule has 1 atom stereocenters. The summed E-state index contributed by atoms with van der Waals surface area (Å²) in [6, 6.07) is 0. The number of amides is 1. The quantitative estimate of drug-likeness (QED) is 0.682. The molecular formula is C11H22N2O2. The topological polar surface area (TPSA) is 41.6 Å².